The molecule has 0 aromatic carbocycles. The van der Waals surface area contributed by atoms with Crippen molar-refractivity contribution in [3.63, 3.8) is 0 Å². The molecule has 0 spiro atoms. The van der Waals surface area contributed by atoms with Crippen LogP contribution in [0, 0.1) is 31.1 Å². The van der Waals surface area contributed by atoms with E-state index in [0.29, 0.717) is 5.16 Å². The Balaban J connectivity index is 1.60. The van der Waals surface area contributed by atoms with Crippen molar-refractivity contribution < 1.29 is 4.79 Å². The number of nitrogens with one attached hydrogen (secondary N) is 1. The number of amides is 1. The summed E-state index contributed by atoms with van der Waals surface area (Å²) in [5.74, 6) is -0.127. The zero-order valence-electron chi connectivity index (χ0n) is 13.8. The Hall–Kier alpha value is -1.78. The molecule has 1 atom stereocenters. The molecule has 1 unspecified atom stereocenters. The van der Waals surface area contributed by atoms with Crippen molar-refractivity contribution >= 4 is 34.0 Å². The standard InChI is InChI=1S/C17H19N4OS2/c1-10-7-11(2)20-17(19-10)23-9-15(22)21-16-13(8-18)12-5-3-4-6-14(12)24-16/h7,13H,3-6,9H2,1-2H3,(H,21,22). The molecular weight excluding hydrogens is 340 g/mol. The summed E-state index contributed by atoms with van der Waals surface area (Å²) in [6.45, 7) is 3.83. The normalized spacial score (nSPS) is 19.5. The number of thioether (sulfide) groups is 1. The Labute approximate surface area is 149 Å². The fraction of sp³-hybridized carbons (Fsp3) is 0.471. The van der Waals surface area contributed by atoms with E-state index >= 15 is 0 Å². The van der Waals surface area contributed by atoms with Gasteiger partial charge >= 0.3 is 0 Å². The topological polar surface area (TPSA) is 78.7 Å². The van der Waals surface area contributed by atoms with Crippen molar-refractivity contribution in [1.82, 2.24) is 15.3 Å². The highest BCUT2D eigenvalue weighted by atomic mass is 32.2. The van der Waals surface area contributed by atoms with Crippen LogP contribution in [-0.4, -0.2) is 26.6 Å². The van der Waals surface area contributed by atoms with Gasteiger partial charge in [-0.15, -0.1) is 11.4 Å². The second kappa shape index (κ2) is 7.41. The molecule has 1 aromatic rings. The molecule has 5 nitrogen and oxygen atoms in total. The first-order chi connectivity index (χ1) is 11.6. The SMILES string of the molecule is Cc1cc(C)nc(SCC(=O)NC2=[S]C3=C(CCCC3)C2C#N)n1. The molecule has 1 radical (unpaired) electrons. The van der Waals surface area contributed by atoms with Crippen LogP contribution < -0.4 is 5.32 Å². The van der Waals surface area contributed by atoms with Gasteiger partial charge in [-0.1, -0.05) is 11.8 Å². The molecule has 0 bridgehead atoms. The number of hydrogen-bond donors (Lipinski definition) is 1. The highest BCUT2D eigenvalue weighted by molar-refractivity contribution is 8.02. The minimum atomic E-state index is -0.267. The summed E-state index contributed by atoms with van der Waals surface area (Å²) in [5, 5.41) is 13.0. The molecule has 0 fully saturated rings. The van der Waals surface area contributed by atoms with Gasteiger partial charge in [0.25, 0.3) is 0 Å². The molecule has 1 N–H and O–H groups in total. The molecule has 2 aliphatic rings. The molecule has 3 rings (SSSR count). The summed E-state index contributed by atoms with van der Waals surface area (Å²) in [6.07, 6.45) is 4.32. The van der Waals surface area contributed by atoms with Crippen LogP contribution in [0.2, 0.25) is 0 Å². The molecule has 7 heteroatoms. The highest BCUT2D eigenvalue weighted by Gasteiger charge is 2.31. The van der Waals surface area contributed by atoms with Gasteiger partial charge in [-0.25, -0.2) is 9.97 Å². The number of carbonyl (C=O) groups excluding carboxylic acids is 1. The van der Waals surface area contributed by atoms with Crippen LogP contribution >= 0.6 is 23.1 Å². The smallest absolute Gasteiger partial charge is 0.235 e. The lowest BCUT2D eigenvalue weighted by atomic mass is 9.90. The van der Waals surface area contributed by atoms with E-state index in [9.17, 15) is 10.1 Å². The molecule has 1 aliphatic heterocycles. The number of nitriles is 1. The Kier molecular flexibility index (Phi) is 5.27. The summed E-state index contributed by atoms with van der Waals surface area (Å²) in [7, 11) is 0. The summed E-state index contributed by atoms with van der Waals surface area (Å²) in [5.41, 5.74) is 3.01. The minimum Gasteiger partial charge on any atom is -0.319 e. The quantitative estimate of drug-likeness (QED) is 0.509. The molecule has 125 valence electrons. The van der Waals surface area contributed by atoms with E-state index < -0.39 is 0 Å². The van der Waals surface area contributed by atoms with Gasteiger partial charge in [0.2, 0.25) is 5.91 Å². The van der Waals surface area contributed by atoms with E-state index in [4.69, 9.17) is 0 Å². The predicted molar refractivity (Wildman–Crippen MR) is 97.6 cm³/mol. The van der Waals surface area contributed by atoms with Crippen LogP contribution in [0.25, 0.3) is 0 Å². The molecule has 1 aliphatic carbocycles. The maximum Gasteiger partial charge on any atom is 0.235 e. The average Bonchev–Trinajstić information content (AvgIpc) is 2.89. The van der Waals surface area contributed by atoms with Crippen molar-refractivity contribution in [3.8, 4) is 6.07 Å². The van der Waals surface area contributed by atoms with E-state index in [1.807, 2.05) is 19.9 Å². The highest BCUT2D eigenvalue weighted by Crippen LogP contribution is 2.40. The molecule has 1 amide bonds. The zero-order valence-corrected chi connectivity index (χ0v) is 15.4. The fourth-order valence-corrected chi connectivity index (χ4v) is 5.06. The summed E-state index contributed by atoms with van der Waals surface area (Å²) >= 11 is 2.90. The van der Waals surface area contributed by atoms with Gasteiger partial charge < -0.3 is 5.32 Å². The van der Waals surface area contributed by atoms with E-state index in [2.05, 4.69) is 21.4 Å². The first-order valence-electron chi connectivity index (χ1n) is 7.98. The Bertz CT molecular complexity index is 759. The van der Waals surface area contributed by atoms with Crippen molar-refractivity contribution in [3.05, 3.63) is 27.9 Å². The second-order valence-electron chi connectivity index (χ2n) is 5.95. The molecule has 1 aromatic heterocycles. The van der Waals surface area contributed by atoms with Crippen molar-refractivity contribution in [2.45, 2.75) is 44.7 Å². The van der Waals surface area contributed by atoms with Gasteiger partial charge in [-0.2, -0.15) is 5.26 Å². The lowest BCUT2D eigenvalue weighted by molar-refractivity contribution is -0.117. The number of carbonyl (C=O) groups is 1. The van der Waals surface area contributed by atoms with E-state index in [0.717, 1.165) is 35.6 Å². The molecule has 0 saturated carbocycles. The Morgan fingerprint density at radius 3 is 2.79 bits per heavy atom. The molecule has 24 heavy (non-hydrogen) atoms. The largest absolute Gasteiger partial charge is 0.319 e. The second-order valence-corrected chi connectivity index (χ2v) is 8.03. The minimum absolute atomic E-state index is 0.106. The molecule has 0 saturated heterocycles. The lowest BCUT2D eigenvalue weighted by Crippen LogP contribution is -2.35. The van der Waals surface area contributed by atoms with Gasteiger partial charge in [0.1, 0.15) is 5.92 Å². The number of hydrogen-bond acceptors (Lipinski definition) is 5. The van der Waals surface area contributed by atoms with E-state index in [-0.39, 0.29) is 17.6 Å². The zero-order chi connectivity index (χ0) is 17.1. The van der Waals surface area contributed by atoms with Crippen molar-refractivity contribution in [1.29, 1.82) is 5.26 Å². The third-order valence-electron chi connectivity index (χ3n) is 3.99. The maximum absolute atomic E-state index is 12.3. The van der Waals surface area contributed by atoms with Crippen LogP contribution in [-0.2, 0) is 4.79 Å². The van der Waals surface area contributed by atoms with E-state index in [1.54, 1.807) is 11.4 Å². The first kappa shape index (κ1) is 17.1. The Morgan fingerprint density at radius 2 is 2.08 bits per heavy atom. The van der Waals surface area contributed by atoms with Gasteiger partial charge in [0.15, 0.2) is 5.16 Å². The predicted octanol–water partition coefficient (Wildman–Crippen LogP) is 3.15. The fourth-order valence-electron chi connectivity index (χ4n) is 2.97. The van der Waals surface area contributed by atoms with Gasteiger partial charge in [-0.3, -0.25) is 4.79 Å². The Morgan fingerprint density at radius 1 is 1.38 bits per heavy atom. The van der Waals surface area contributed by atoms with Crippen LogP contribution in [0.4, 0.5) is 0 Å². The van der Waals surface area contributed by atoms with E-state index in [1.165, 1.54) is 28.7 Å². The number of allylic oxidation sites excluding steroid dienone is 1. The van der Waals surface area contributed by atoms with Crippen LogP contribution in [0.1, 0.15) is 37.1 Å². The molecular formula is C17H19N4OS2. The third-order valence-corrected chi connectivity index (χ3v) is 6.11. The summed E-state index contributed by atoms with van der Waals surface area (Å²) in [4.78, 5) is 23.0. The van der Waals surface area contributed by atoms with Gasteiger partial charge in [-0.05, 0) is 51.2 Å². The third kappa shape index (κ3) is 3.82. The molecule has 2 heterocycles. The number of aryl methyl sites for hydroxylation is 2. The summed E-state index contributed by atoms with van der Waals surface area (Å²) in [6, 6.07) is 4.25. The number of aromatic nitrogens is 2. The van der Waals surface area contributed by atoms with Crippen molar-refractivity contribution in [2.24, 2.45) is 5.92 Å². The average molecular weight is 360 g/mol. The van der Waals surface area contributed by atoms with Crippen LogP contribution in [0.5, 0.6) is 0 Å². The van der Waals surface area contributed by atoms with Crippen molar-refractivity contribution in [2.75, 3.05) is 5.75 Å². The lowest BCUT2D eigenvalue weighted by Gasteiger charge is -2.15. The number of nitrogens with zero attached hydrogens (tertiary/aromatic N) is 3. The van der Waals surface area contributed by atoms with Gasteiger partial charge in [0, 0.05) is 16.3 Å². The number of rotatable bonds is 3. The monoisotopic (exact) mass is 359 g/mol. The first-order valence-corrected chi connectivity index (χ1v) is 9.78. The van der Waals surface area contributed by atoms with Crippen LogP contribution in [0.15, 0.2) is 21.7 Å². The maximum atomic E-state index is 12.3. The van der Waals surface area contributed by atoms with Crippen LogP contribution in [0.3, 0.4) is 0 Å². The summed E-state index contributed by atoms with van der Waals surface area (Å²) < 4.78 is 0. The van der Waals surface area contributed by atoms with Gasteiger partial charge in [0.05, 0.1) is 16.8 Å².